The van der Waals surface area contributed by atoms with Crippen LogP contribution < -0.4 is 15.0 Å². The second-order valence-corrected chi connectivity index (χ2v) is 4.05. The lowest BCUT2D eigenvalue weighted by molar-refractivity contribution is 0.277. The Morgan fingerprint density at radius 2 is 1.80 bits per heavy atom. The highest BCUT2D eigenvalue weighted by Crippen LogP contribution is 2.15. The van der Waals surface area contributed by atoms with E-state index in [-0.39, 0.29) is 19.2 Å². The van der Waals surface area contributed by atoms with Crippen LogP contribution in [-0.2, 0) is 0 Å². The maximum atomic E-state index is 9.07. The summed E-state index contributed by atoms with van der Waals surface area (Å²) < 4.78 is 5.44. The maximum absolute atomic E-state index is 9.07. The Balaban J connectivity index is 2.97. The zero-order valence-corrected chi connectivity index (χ0v) is 12.0. The van der Waals surface area contributed by atoms with Crippen LogP contribution in [0, 0.1) is 0 Å². The van der Waals surface area contributed by atoms with E-state index in [4.69, 9.17) is 14.9 Å². The Kier molecular flexibility index (Phi) is 7.59. The Bertz CT molecular complexity index is 385. The van der Waals surface area contributed by atoms with Gasteiger partial charge in [0.2, 0.25) is 11.9 Å². The van der Waals surface area contributed by atoms with E-state index < -0.39 is 0 Å². The normalized spacial score (nSPS) is 10.4. The molecule has 0 radical (unpaired) electrons. The molecule has 0 aliphatic heterocycles. The summed E-state index contributed by atoms with van der Waals surface area (Å²) >= 11 is 0. The molecule has 0 fully saturated rings. The van der Waals surface area contributed by atoms with Gasteiger partial charge in [0.1, 0.15) is 0 Å². The smallest absolute Gasteiger partial charge is 0.323 e. The number of aliphatic hydroxyl groups excluding tert-OH is 2. The summed E-state index contributed by atoms with van der Waals surface area (Å²) in [6, 6.07) is 0.244. The van der Waals surface area contributed by atoms with E-state index in [9.17, 15) is 0 Å². The minimum atomic E-state index is -0.0482. The molecule has 1 heterocycles. The fourth-order valence-electron chi connectivity index (χ4n) is 1.54. The van der Waals surface area contributed by atoms with Gasteiger partial charge in [0.15, 0.2) is 0 Å². The zero-order chi connectivity index (χ0) is 14.8. The molecule has 8 heteroatoms. The first-order chi connectivity index (χ1) is 9.74. The fourth-order valence-corrected chi connectivity index (χ4v) is 1.54. The number of anilines is 2. The molecule has 0 atom stereocenters. The molecule has 3 N–H and O–H groups in total. The summed E-state index contributed by atoms with van der Waals surface area (Å²) in [7, 11) is 0. The molecule has 0 amide bonds. The van der Waals surface area contributed by atoms with Crippen molar-refractivity contribution >= 4 is 11.9 Å². The van der Waals surface area contributed by atoms with E-state index in [2.05, 4.69) is 20.3 Å². The standard InChI is InChI=1S/C12H23N5O3/c1-3-9-20-12-15-10(13-4-2)14-11(16-12)17(5-7-18)6-8-19/h18-19H,3-9H2,1-2H3,(H,13,14,15,16). The lowest BCUT2D eigenvalue weighted by Crippen LogP contribution is -2.31. The predicted octanol–water partition coefficient (Wildman–Crippen LogP) is -0.117. The SMILES string of the molecule is CCCOc1nc(NCC)nc(N(CCO)CCO)n1. The Morgan fingerprint density at radius 1 is 1.10 bits per heavy atom. The van der Waals surface area contributed by atoms with Gasteiger partial charge in [-0.1, -0.05) is 6.92 Å². The Morgan fingerprint density at radius 3 is 2.35 bits per heavy atom. The molecule has 0 aliphatic carbocycles. The van der Waals surface area contributed by atoms with Crippen LogP contribution in [0.3, 0.4) is 0 Å². The van der Waals surface area contributed by atoms with Crippen molar-refractivity contribution in [1.29, 1.82) is 0 Å². The van der Waals surface area contributed by atoms with Crippen molar-refractivity contribution in [3.63, 3.8) is 0 Å². The summed E-state index contributed by atoms with van der Waals surface area (Å²) in [5.41, 5.74) is 0. The molecule has 0 unspecified atom stereocenters. The van der Waals surface area contributed by atoms with Crippen molar-refractivity contribution in [2.45, 2.75) is 20.3 Å². The quantitative estimate of drug-likeness (QED) is 0.547. The molecule has 0 saturated carbocycles. The minimum Gasteiger partial charge on any atom is -0.463 e. The summed E-state index contributed by atoms with van der Waals surface area (Å²) in [5, 5.41) is 21.1. The number of nitrogens with zero attached hydrogens (tertiary/aromatic N) is 4. The van der Waals surface area contributed by atoms with Crippen LogP contribution in [0.2, 0.25) is 0 Å². The summed E-state index contributed by atoms with van der Waals surface area (Å²) in [6.45, 7) is 5.71. The van der Waals surface area contributed by atoms with Crippen LogP contribution in [0.1, 0.15) is 20.3 Å². The van der Waals surface area contributed by atoms with E-state index in [1.54, 1.807) is 4.90 Å². The minimum absolute atomic E-state index is 0.0482. The van der Waals surface area contributed by atoms with Crippen LogP contribution in [0.5, 0.6) is 6.01 Å². The Labute approximate surface area is 118 Å². The molecular weight excluding hydrogens is 262 g/mol. The van der Waals surface area contributed by atoms with E-state index in [0.29, 0.717) is 38.1 Å². The number of hydrogen-bond acceptors (Lipinski definition) is 8. The van der Waals surface area contributed by atoms with Gasteiger partial charge >= 0.3 is 6.01 Å². The number of hydrogen-bond donors (Lipinski definition) is 3. The first-order valence-electron chi connectivity index (χ1n) is 6.84. The number of aromatic nitrogens is 3. The average Bonchev–Trinajstić information content (AvgIpc) is 2.45. The summed E-state index contributed by atoms with van der Waals surface area (Å²) in [4.78, 5) is 14.3. The first-order valence-corrected chi connectivity index (χ1v) is 6.84. The topological polar surface area (TPSA) is 104 Å². The van der Waals surface area contributed by atoms with Gasteiger partial charge in [-0.25, -0.2) is 0 Å². The highest BCUT2D eigenvalue weighted by Gasteiger charge is 2.13. The van der Waals surface area contributed by atoms with Crippen molar-refractivity contribution in [1.82, 2.24) is 15.0 Å². The van der Waals surface area contributed by atoms with E-state index in [1.807, 2.05) is 13.8 Å². The third-order valence-corrected chi connectivity index (χ3v) is 2.40. The molecule has 0 saturated heterocycles. The van der Waals surface area contributed by atoms with Crippen molar-refractivity contribution in [2.75, 3.05) is 49.7 Å². The lowest BCUT2D eigenvalue weighted by atomic mass is 10.5. The molecule has 1 rings (SSSR count). The lowest BCUT2D eigenvalue weighted by Gasteiger charge is -2.21. The molecule has 0 spiro atoms. The second-order valence-electron chi connectivity index (χ2n) is 4.05. The van der Waals surface area contributed by atoms with Crippen LogP contribution in [-0.4, -0.2) is 64.6 Å². The van der Waals surface area contributed by atoms with Gasteiger partial charge in [-0.05, 0) is 13.3 Å². The van der Waals surface area contributed by atoms with Gasteiger partial charge in [-0.15, -0.1) is 0 Å². The highest BCUT2D eigenvalue weighted by atomic mass is 16.5. The van der Waals surface area contributed by atoms with Gasteiger partial charge in [-0.2, -0.15) is 15.0 Å². The van der Waals surface area contributed by atoms with Crippen LogP contribution in [0.4, 0.5) is 11.9 Å². The number of nitrogens with one attached hydrogen (secondary N) is 1. The number of ether oxygens (including phenoxy) is 1. The fraction of sp³-hybridized carbons (Fsp3) is 0.750. The highest BCUT2D eigenvalue weighted by molar-refractivity contribution is 5.38. The average molecular weight is 285 g/mol. The van der Waals surface area contributed by atoms with Gasteiger partial charge < -0.3 is 25.2 Å². The number of rotatable bonds is 10. The molecule has 20 heavy (non-hydrogen) atoms. The van der Waals surface area contributed by atoms with Crippen molar-refractivity contribution < 1.29 is 14.9 Å². The van der Waals surface area contributed by atoms with Crippen LogP contribution in [0.15, 0.2) is 0 Å². The predicted molar refractivity (Wildman–Crippen MR) is 76.2 cm³/mol. The maximum Gasteiger partial charge on any atom is 0.323 e. The summed E-state index contributed by atoms with van der Waals surface area (Å²) in [6.07, 6.45) is 0.856. The van der Waals surface area contributed by atoms with Crippen LogP contribution in [0.25, 0.3) is 0 Å². The molecule has 0 bridgehead atoms. The third kappa shape index (κ3) is 5.14. The molecule has 0 aromatic carbocycles. The molecule has 114 valence electrons. The molecule has 1 aromatic rings. The van der Waals surface area contributed by atoms with Crippen LogP contribution >= 0.6 is 0 Å². The van der Waals surface area contributed by atoms with E-state index in [0.717, 1.165) is 6.42 Å². The Hall–Kier alpha value is -1.67. The van der Waals surface area contributed by atoms with Gasteiger partial charge in [-0.3, -0.25) is 0 Å². The zero-order valence-electron chi connectivity index (χ0n) is 12.0. The molecular formula is C12H23N5O3. The summed E-state index contributed by atoms with van der Waals surface area (Å²) in [5.74, 6) is 0.801. The second kappa shape index (κ2) is 9.27. The van der Waals surface area contributed by atoms with E-state index >= 15 is 0 Å². The molecule has 8 nitrogen and oxygen atoms in total. The third-order valence-electron chi connectivity index (χ3n) is 2.40. The van der Waals surface area contributed by atoms with Crippen molar-refractivity contribution in [2.24, 2.45) is 0 Å². The monoisotopic (exact) mass is 285 g/mol. The van der Waals surface area contributed by atoms with Gasteiger partial charge in [0.25, 0.3) is 0 Å². The molecule has 1 aromatic heterocycles. The van der Waals surface area contributed by atoms with Gasteiger partial charge in [0, 0.05) is 19.6 Å². The number of aliphatic hydroxyl groups is 2. The van der Waals surface area contributed by atoms with Crippen molar-refractivity contribution in [3.05, 3.63) is 0 Å². The van der Waals surface area contributed by atoms with E-state index in [1.165, 1.54) is 0 Å². The van der Waals surface area contributed by atoms with Crippen molar-refractivity contribution in [3.8, 4) is 6.01 Å². The largest absolute Gasteiger partial charge is 0.463 e. The first kappa shape index (κ1) is 16.4. The molecule has 0 aliphatic rings. The van der Waals surface area contributed by atoms with Gasteiger partial charge in [0.05, 0.1) is 19.8 Å².